The second-order valence-electron chi connectivity index (χ2n) is 4.38. The van der Waals surface area contributed by atoms with Gasteiger partial charge in [0.1, 0.15) is 17.4 Å². The largest absolute Gasteiger partial charge is 0.444 e. The van der Waals surface area contributed by atoms with Crippen LogP contribution in [0.25, 0.3) is 0 Å². The van der Waals surface area contributed by atoms with Crippen molar-refractivity contribution in [3.05, 3.63) is 53.2 Å². The van der Waals surface area contributed by atoms with Gasteiger partial charge in [-0.2, -0.15) is 0 Å². The predicted molar refractivity (Wildman–Crippen MR) is 67.5 cm³/mol. The molecule has 1 unspecified atom stereocenters. The average Bonchev–Trinajstić information content (AvgIpc) is 2.82. The number of nitrogens with zero attached hydrogens (tertiary/aromatic N) is 1. The highest BCUT2D eigenvalue weighted by molar-refractivity contribution is 5.20. The van der Waals surface area contributed by atoms with E-state index in [9.17, 15) is 8.78 Å². The minimum atomic E-state index is -0.576. The second kappa shape index (κ2) is 5.93. The maximum Gasteiger partial charge on any atom is 0.208 e. The number of halogens is 2. The molecule has 0 fully saturated rings. The lowest BCUT2D eigenvalue weighted by Gasteiger charge is -2.13. The average molecular weight is 266 g/mol. The molecule has 0 saturated carbocycles. The molecule has 2 aromatic rings. The van der Waals surface area contributed by atoms with Gasteiger partial charge in [0.25, 0.3) is 0 Å². The Morgan fingerprint density at radius 3 is 2.53 bits per heavy atom. The van der Waals surface area contributed by atoms with Crippen molar-refractivity contribution in [2.75, 3.05) is 0 Å². The molecule has 3 nitrogen and oxygen atoms in total. The number of aryl methyl sites for hydroxylation is 1. The molecule has 1 atom stereocenters. The molecule has 0 radical (unpaired) electrons. The number of nitrogens with one attached hydrogen (secondary N) is 1. The standard InChI is InChI=1S/C14H16F2N2O/c1-3-13-7-18-14(19-13)8-17-9(2)10-4-11(15)6-12(16)5-10/h4-7,9,17H,3,8H2,1-2H3. The number of aromatic nitrogens is 1. The molecule has 1 heterocycles. The first-order valence-electron chi connectivity index (χ1n) is 6.21. The molecular formula is C14H16F2N2O. The van der Waals surface area contributed by atoms with Gasteiger partial charge in [-0.25, -0.2) is 13.8 Å². The van der Waals surface area contributed by atoms with E-state index in [0.717, 1.165) is 18.2 Å². The summed E-state index contributed by atoms with van der Waals surface area (Å²) in [6.07, 6.45) is 2.47. The normalized spacial score (nSPS) is 12.6. The highest BCUT2D eigenvalue weighted by Crippen LogP contribution is 2.16. The van der Waals surface area contributed by atoms with Crippen molar-refractivity contribution in [2.45, 2.75) is 32.9 Å². The van der Waals surface area contributed by atoms with Crippen LogP contribution in [0.2, 0.25) is 0 Å². The highest BCUT2D eigenvalue weighted by Gasteiger charge is 2.10. The SMILES string of the molecule is CCc1cnc(CNC(C)c2cc(F)cc(F)c2)o1. The van der Waals surface area contributed by atoms with Gasteiger partial charge in [0.2, 0.25) is 5.89 Å². The number of hydrogen-bond acceptors (Lipinski definition) is 3. The van der Waals surface area contributed by atoms with Crippen molar-refractivity contribution in [1.82, 2.24) is 10.3 Å². The van der Waals surface area contributed by atoms with Gasteiger partial charge < -0.3 is 9.73 Å². The van der Waals surface area contributed by atoms with E-state index < -0.39 is 11.6 Å². The Morgan fingerprint density at radius 1 is 1.26 bits per heavy atom. The van der Waals surface area contributed by atoms with Crippen molar-refractivity contribution in [1.29, 1.82) is 0 Å². The molecule has 0 aliphatic carbocycles. The van der Waals surface area contributed by atoms with Gasteiger partial charge in [-0.15, -0.1) is 0 Å². The van der Waals surface area contributed by atoms with Gasteiger partial charge in [0, 0.05) is 18.5 Å². The van der Waals surface area contributed by atoms with Crippen molar-refractivity contribution in [2.24, 2.45) is 0 Å². The third-order valence-corrected chi connectivity index (χ3v) is 2.89. The van der Waals surface area contributed by atoms with Gasteiger partial charge in [0.15, 0.2) is 0 Å². The summed E-state index contributed by atoms with van der Waals surface area (Å²) in [5.74, 6) is 0.239. The molecule has 0 spiro atoms. The molecule has 2 rings (SSSR count). The fraction of sp³-hybridized carbons (Fsp3) is 0.357. The van der Waals surface area contributed by atoms with Crippen LogP contribution in [0, 0.1) is 11.6 Å². The number of oxazole rings is 1. The zero-order valence-corrected chi connectivity index (χ0v) is 10.9. The summed E-state index contributed by atoms with van der Waals surface area (Å²) in [4.78, 5) is 4.11. The summed E-state index contributed by atoms with van der Waals surface area (Å²) in [5, 5.41) is 3.12. The van der Waals surface area contributed by atoms with E-state index in [0.29, 0.717) is 18.0 Å². The monoisotopic (exact) mass is 266 g/mol. The van der Waals surface area contributed by atoms with E-state index in [-0.39, 0.29) is 6.04 Å². The summed E-state index contributed by atoms with van der Waals surface area (Å²) in [6.45, 7) is 4.23. The molecule has 5 heteroatoms. The quantitative estimate of drug-likeness (QED) is 0.901. The summed E-state index contributed by atoms with van der Waals surface area (Å²) in [5.41, 5.74) is 0.555. The maximum atomic E-state index is 13.1. The van der Waals surface area contributed by atoms with Crippen LogP contribution in [0.5, 0.6) is 0 Å². The minimum Gasteiger partial charge on any atom is -0.444 e. The van der Waals surface area contributed by atoms with Crippen molar-refractivity contribution < 1.29 is 13.2 Å². The fourth-order valence-electron chi connectivity index (χ4n) is 1.78. The maximum absolute atomic E-state index is 13.1. The van der Waals surface area contributed by atoms with Crippen LogP contribution < -0.4 is 5.32 Å². The lowest BCUT2D eigenvalue weighted by molar-refractivity contribution is 0.423. The van der Waals surface area contributed by atoms with Gasteiger partial charge in [0.05, 0.1) is 12.7 Å². The summed E-state index contributed by atoms with van der Waals surface area (Å²) in [7, 11) is 0. The van der Waals surface area contributed by atoms with Crippen LogP contribution in [0.3, 0.4) is 0 Å². The van der Waals surface area contributed by atoms with E-state index in [1.165, 1.54) is 12.1 Å². The van der Waals surface area contributed by atoms with Gasteiger partial charge in [-0.05, 0) is 24.6 Å². The Kier molecular flexibility index (Phi) is 4.27. The van der Waals surface area contributed by atoms with E-state index in [1.807, 2.05) is 13.8 Å². The van der Waals surface area contributed by atoms with Crippen molar-refractivity contribution >= 4 is 0 Å². The fourth-order valence-corrected chi connectivity index (χ4v) is 1.78. The van der Waals surface area contributed by atoms with Gasteiger partial charge in [-0.1, -0.05) is 6.92 Å². The Morgan fingerprint density at radius 2 is 1.95 bits per heavy atom. The Bertz CT molecular complexity index is 534. The topological polar surface area (TPSA) is 38.1 Å². The summed E-state index contributed by atoms with van der Waals surface area (Å²) in [6, 6.07) is 3.29. The molecule has 0 saturated heterocycles. The first kappa shape index (κ1) is 13.7. The van der Waals surface area contributed by atoms with Crippen LogP contribution in [0.1, 0.15) is 37.1 Å². The van der Waals surface area contributed by atoms with Crippen LogP contribution in [0.15, 0.2) is 28.8 Å². The molecule has 19 heavy (non-hydrogen) atoms. The van der Waals surface area contributed by atoms with Crippen LogP contribution >= 0.6 is 0 Å². The molecule has 1 aromatic heterocycles. The van der Waals surface area contributed by atoms with Crippen LogP contribution in [-0.4, -0.2) is 4.98 Å². The second-order valence-corrected chi connectivity index (χ2v) is 4.38. The highest BCUT2D eigenvalue weighted by atomic mass is 19.1. The van der Waals surface area contributed by atoms with E-state index in [2.05, 4.69) is 10.3 Å². The molecule has 0 aliphatic rings. The number of rotatable bonds is 5. The Labute approximate surface area is 110 Å². The minimum absolute atomic E-state index is 0.192. The smallest absolute Gasteiger partial charge is 0.208 e. The van der Waals surface area contributed by atoms with Crippen molar-refractivity contribution in [3.63, 3.8) is 0 Å². The first-order valence-corrected chi connectivity index (χ1v) is 6.21. The van der Waals surface area contributed by atoms with Crippen LogP contribution in [-0.2, 0) is 13.0 Å². The summed E-state index contributed by atoms with van der Waals surface area (Å²) < 4.78 is 31.6. The predicted octanol–water partition coefficient (Wildman–Crippen LogP) is 3.37. The number of hydrogen-bond donors (Lipinski definition) is 1. The molecule has 0 aliphatic heterocycles. The lowest BCUT2D eigenvalue weighted by atomic mass is 10.1. The van der Waals surface area contributed by atoms with Crippen molar-refractivity contribution in [3.8, 4) is 0 Å². The molecule has 0 bridgehead atoms. The zero-order chi connectivity index (χ0) is 13.8. The molecule has 102 valence electrons. The van der Waals surface area contributed by atoms with E-state index >= 15 is 0 Å². The summed E-state index contributed by atoms with van der Waals surface area (Å²) >= 11 is 0. The third-order valence-electron chi connectivity index (χ3n) is 2.89. The van der Waals surface area contributed by atoms with E-state index in [1.54, 1.807) is 6.20 Å². The van der Waals surface area contributed by atoms with Gasteiger partial charge in [-0.3, -0.25) is 0 Å². The Hall–Kier alpha value is -1.75. The third kappa shape index (κ3) is 3.61. The van der Waals surface area contributed by atoms with Crippen LogP contribution in [0.4, 0.5) is 8.78 Å². The first-order chi connectivity index (χ1) is 9.08. The Balaban J connectivity index is 1.98. The molecular weight excluding hydrogens is 250 g/mol. The lowest BCUT2D eigenvalue weighted by Crippen LogP contribution is -2.18. The van der Waals surface area contributed by atoms with E-state index in [4.69, 9.17) is 4.42 Å². The molecule has 1 aromatic carbocycles. The zero-order valence-electron chi connectivity index (χ0n) is 10.9. The van der Waals surface area contributed by atoms with Gasteiger partial charge >= 0.3 is 0 Å². The number of benzene rings is 1. The molecule has 1 N–H and O–H groups in total. The molecule has 0 amide bonds.